The van der Waals surface area contributed by atoms with Gasteiger partial charge >= 0.3 is 0 Å². The molecule has 1 aromatic carbocycles. The second-order valence-electron chi connectivity index (χ2n) is 6.65. The number of ether oxygens (including phenoxy) is 3. The fourth-order valence-electron chi connectivity index (χ4n) is 2.85. The molecular formula is C21H23N3O4. The number of nitriles is 1. The lowest BCUT2D eigenvalue weighted by Crippen LogP contribution is -2.30. The SMILES string of the molecule is Cc1cc(Oc2ncccc2C#N)ccc1NC(=O)[C@@H](C)OC[C@H]1CCCO1. The van der Waals surface area contributed by atoms with Crippen LogP contribution in [0.5, 0.6) is 11.6 Å². The van der Waals surface area contributed by atoms with Gasteiger partial charge in [0.1, 0.15) is 23.5 Å². The largest absolute Gasteiger partial charge is 0.438 e. The van der Waals surface area contributed by atoms with Crippen LogP contribution in [0.25, 0.3) is 0 Å². The summed E-state index contributed by atoms with van der Waals surface area (Å²) in [6.07, 6.45) is 3.08. The van der Waals surface area contributed by atoms with Crippen molar-refractivity contribution in [2.45, 2.75) is 38.9 Å². The summed E-state index contributed by atoms with van der Waals surface area (Å²) in [5.41, 5.74) is 1.85. The minimum absolute atomic E-state index is 0.0818. The van der Waals surface area contributed by atoms with E-state index < -0.39 is 6.10 Å². The molecule has 3 rings (SSSR count). The molecule has 1 amide bonds. The maximum atomic E-state index is 12.4. The summed E-state index contributed by atoms with van der Waals surface area (Å²) in [5.74, 6) is 0.567. The number of pyridine rings is 1. The van der Waals surface area contributed by atoms with Gasteiger partial charge in [0.25, 0.3) is 5.91 Å². The maximum absolute atomic E-state index is 12.4. The summed E-state index contributed by atoms with van der Waals surface area (Å²) in [7, 11) is 0. The Morgan fingerprint density at radius 1 is 1.46 bits per heavy atom. The van der Waals surface area contributed by atoms with Crippen molar-refractivity contribution >= 4 is 11.6 Å². The zero-order valence-electron chi connectivity index (χ0n) is 16.0. The van der Waals surface area contributed by atoms with Crippen LogP contribution in [0.2, 0.25) is 0 Å². The van der Waals surface area contributed by atoms with Crippen LogP contribution in [-0.2, 0) is 14.3 Å². The molecular weight excluding hydrogens is 358 g/mol. The van der Waals surface area contributed by atoms with Crippen molar-refractivity contribution in [1.82, 2.24) is 4.98 Å². The number of nitrogens with zero attached hydrogens (tertiary/aromatic N) is 2. The smallest absolute Gasteiger partial charge is 0.253 e. The third-order valence-corrected chi connectivity index (χ3v) is 4.49. The number of hydrogen-bond acceptors (Lipinski definition) is 6. The molecule has 0 unspecified atom stereocenters. The highest BCUT2D eigenvalue weighted by Gasteiger charge is 2.20. The lowest BCUT2D eigenvalue weighted by Gasteiger charge is -2.17. The van der Waals surface area contributed by atoms with Crippen molar-refractivity contribution < 1.29 is 19.0 Å². The van der Waals surface area contributed by atoms with E-state index in [1.54, 1.807) is 43.5 Å². The molecule has 0 saturated carbocycles. The highest BCUT2D eigenvalue weighted by Crippen LogP contribution is 2.27. The summed E-state index contributed by atoms with van der Waals surface area (Å²) in [6.45, 7) is 4.77. The molecule has 1 aliphatic rings. The molecule has 2 aromatic rings. The molecule has 1 aliphatic heterocycles. The van der Waals surface area contributed by atoms with Crippen molar-refractivity contribution in [1.29, 1.82) is 5.26 Å². The predicted octanol–water partition coefficient (Wildman–Crippen LogP) is 3.58. The van der Waals surface area contributed by atoms with Gasteiger partial charge in [0.05, 0.1) is 12.7 Å². The molecule has 0 aliphatic carbocycles. The van der Waals surface area contributed by atoms with Gasteiger partial charge in [0.2, 0.25) is 5.88 Å². The van der Waals surface area contributed by atoms with E-state index in [0.717, 1.165) is 25.0 Å². The van der Waals surface area contributed by atoms with Crippen LogP contribution in [-0.4, -0.2) is 36.3 Å². The number of hydrogen-bond donors (Lipinski definition) is 1. The molecule has 7 heteroatoms. The van der Waals surface area contributed by atoms with E-state index in [0.29, 0.717) is 23.6 Å². The lowest BCUT2D eigenvalue weighted by molar-refractivity contribution is -0.128. The molecule has 1 N–H and O–H groups in total. The van der Waals surface area contributed by atoms with Gasteiger partial charge in [-0.15, -0.1) is 0 Å². The third-order valence-electron chi connectivity index (χ3n) is 4.49. The van der Waals surface area contributed by atoms with E-state index in [1.807, 2.05) is 13.0 Å². The van der Waals surface area contributed by atoms with Crippen LogP contribution in [0.1, 0.15) is 30.9 Å². The molecule has 1 saturated heterocycles. The van der Waals surface area contributed by atoms with Gasteiger partial charge in [-0.2, -0.15) is 5.26 Å². The first-order valence-corrected chi connectivity index (χ1v) is 9.24. The van der Waals surface area contributed by atoms with Crippen molar-refractivity contribution in [3.8, 4) is 17.7 Å². The van der Waals surface area contributed by atoms with E-state index in [-0.39, 0.29) is 17.9 Å². The zero-order chi connectivity index (χ0) is 19.9. The molecule has 1 fully saturated rings. The molecule has 146 valence electrons. The van der Waals surface area contributed by atoms with Crippen molar-refractivity contribution in [3.05, 3.63) is 47.7 Å². The van der Waals surface area contributed by atoms with Crippen molar-refractivity contribution in [2.75, 3.05) is 18.5 Å². The Hall–Kier alpha value is -2.95. The number of aromatic nitrogens is 1. The third kappa shape index (κ3) is 5.06. The average molecular weight is 381 g/mol. The second-order valence-corrected chi connectivity index (χ2v) is 6.65. The van der Waals surface area contributed by atoms with Crippen LogP contribution >= 0.6 is 0 Å². The average Bonchev–Trinajstić information content (AvgIpc) is 3.22. The molecule has 0 radical (unpaired) electrons. The maximum Gasteiger partial charge on any atom is 0.253 e. The normalized spacial score (nSPS) is 17.0. The van der Waals surface area contributed by atoms with Crippen LogP contribution < -0.4 is 10.1 Å². The first-order valence-electron chi connectivity index (χ1n) is 9.24. The summed E-state index contributed by atoms with van der Waals surface area (Å²) >= 11 is 0. The molecule has 0 spiro atoms. The number of amides is 1. The molecule has 0 bridgehead atoms. The van der Waals surface area contributed by atoms with Gasteiger partial charge in [0.15, 0.2) is 0 Å². The monoisotopic (exact) mass is 381 g/mol. The number of rotatable bonds is 7. The van der Waals surface area contributed by atoms with Crippen LogP contribution in [0, 0.1) is 18.3 Å². The van der Waals surface area contributed by atoms with Crippen LogP contribution in [0.3, 0.4) is 0 Å². The quantitative estimate of drug-likeness (QED) is 0.788. The van der Waals surface area contributed by atoms with Gasteiger partial charge in [0, 0.05) is 18.5 Å². The fraction of sp³-hybridized carbons (Fsp3) is 0.381. The molecule has 2 atom stereocenters. The Morgan fingerprint density at radius 2 is 2.32 bits per heavy atom. The molecule has 2 heterocycles. The predicted molar refractivity (Wildman–Crippen MR) is 103 cm³/mol. The summed E-state index contributed by atoms with van der Waals surface area (Å²) in [5, 5.41) is 12.0. The second kappa shape index (κ2) is 9.31. The Labute approximate surface area is 164 Å². The minimum atomic E-state index is -0.578. The number of nitrogens with one attached hydrogen (secondary N) is 1. The van der Waals surface area contributed by atoms with E-state index in [9.17, 15) is 4.79 Å². The highest BCUT2D eigenvalue weighted by molar-refractivity contribution is 5.94. The van der Waals surface area contributed by atoms with Gasteiger partial charge in [-0.1, -0.05) is 0 Å². The first-order chi connectivity index (χ1) is 13.6. The van der Waals surface area contributed by atoms with E-state index in [1.165, 1.54) is 0 Å². The number of anilines is 1. The van der Waals surface area contributed by atoms with Crippen molar-refractivity contribution in [3.63, 3.8) is 0 Å². The summed E-state index contributed by atoms with van der Waals surface area (Å²) in [4.78, 5) is 16.5. The number of carbonyl (C=O) groups is 1. The van der Waals surface area contributed by atoms with E-state index in [2.05, 4.69) is 10.3 Å². The van der Waals surface area contributed by atoms with Crippen LogP contribution in [0.15, 0.2) is 36.5 Å². The number of benzene rings is 1. The van der Waals surface area contributed by atoms with Crippen molar-refractivity contribution in [2.24, 2.45) is 0 Å². The Morgan fingerprint density at radius 3 is 3.04 bits per heavy atom. The topological polar surface area (TPSA) is 93.5 Å². The fourth-order valence-corrected chi connectivity index (χ4v) is 2.85. The Balaban J connectivity index is 1.59. The lowest BCUT2D eigenvalue weighted by atomic mass is 10.2. The van der Waals surface area contributed by atoms with Gasteiger partial charge in [-0.25, -0.2) is 4.98 Å². The number of carbonyl (C=O) groups excluding carboxylic acids is 1. The molecule has 7 nitrogen and oxygen atoms in total. The highest BCUT2D eigenvalue weighted by atomic mass is 16.5. The Bertz CT molecular complexity index is 872. The summed E-state index contributed by atoms with van der Waals surface area (Å²) in [6, 6.07) is 10.6. The zero-order valence-corrected chi connectivity index (χ0v) is 16.0. The van der Waals surface area contributed by atoms with Gasteiger partial charge in [-0.05, 0) is 62.6 Å². The van der Waals surface area contributed by atoms with E-state index >= 15 is 0 Å². The minimum Gasteiger partial charge on any atom is -0.438 e. The number of aryl methyl sites for hydroxylation is 1. The van der Waals surface area contributed by atoms with Gasteiger partial charge < -0.3 is 19.5 Å². The summed E-state index contributed by atoms with van der Waals surface area (Å²) < 4.78 is 16.8. The molecule has 1 aromatic heterocycles. The van der Waals surface area contributed by atoms with Crippen LogP contribution in [0.4, 0.5) is 5.69 Å². The first kappa shape index (κ1) is 19.8. The van der Waals surface area contributed by atoms with E-state index in [4.69, 9.17) is 19.5 Å². The standard InChI is InChI=1S/C21H23N3O4/c1-14-11-17(28-21-16(12-22)5-3-9-23-21)7-8-19(14)24-20(25)15(2)27-13-18-6-4-10-26-18/h3,5,7-9,11,15,18H,4,6,10,13H2,1-2H3,(H,24,25)/t15-,18-/m1/s1. The Kier molecular flexibility index (Phi) is 6.58. The van der Waals surface area contributed by atoms with Gasteiger partial charge in [-0.3, -0.25) is 4.79 Å². The molecule has 28 heavy (non-hydrogen) atoms.